The third-order valence-corrected chi connectivity index (χ3v) is 4.13. The van der Waals surface area contributed by atoms with E-state index in [0.717, 1.165) is 12.5 Å². The Hall–Kier alpha value is -0.480. The molecule has 5 heteroatoms. The first kappa shape index (κ1) is 15.9. The van der Waals surface area contributed by atoms with Gasteiger partial charge in [-0.3, -0.25) is 0 Å². The molecule has 0 amide bonds. The average Bonchev–Trinajstić information content (AvgIpc) is 3.22. The van der Waals surface area contributed by atoms with Gasteiger partial charge in [0.15, 0.2) is 0 Å². The largest absolute Gasteiger partial charge is 0.489 e. The third-order valence-electron chi connectivity index (χ3n) is 3.60. The second-order valence-corrected chi connectivity index (χ2v) is 6.36. The number of benzene rings is 1. The summed E-state index contributed by atoms with van der Waals surface area (Å²) >= 11 is 11.8. The highest BCUT2D eigenvalue weighted by Crippen LogP contribution is 2.36. The van der Waals surface area contributed by atoms with Crippen molar-refractivity contribution in [3.63, 3.8) is 0 Å². The van der Waals surface area contributed by atoms with Crippen LogP contribution in [0.25, 0.3) is 0 Å². The molecule has 1 fully saturated rings. The zero-order valence-corrected chi connectivity index (χ0v) is 13.1. The van der Waals surface area contributed by atoms with Gasteiger partial charge in [0.1, 0.15) is 18.5 Å². The first-order valence-corrected chi connectivity index (χ1v) is 7.78. The Kier molecular flexibility index (Phi) is 5.97. The van der Waals surface area contributed by atoms with E-state index in [9.17, 15) is 5.11 Å². The van der Waals surface area contributed by atoms with Gasteiger partial charge < -0.3 is 15.2 Å². The van der Waals surface area contributed by atoms with Gasteiger partial charge in [0.05, 0.1) is 5.02 Å². The van der Waals surface area contributed by atoms with Gasteiger partial charge in [-0.15, -0.1) is 0 Å². The van der Waals surface area contributed by atoms with Crippen LogP contribution in [0.4, 0.5) is 0 Å². The molecule has 0 saturated heterocycles. The van der Waals surface area contributed by atoms with Gasteiger partial charge in [0.25, 0.3) is 0 Å². The van der Waals surface area contributed by atoms with E-state index in [2.05, 4.69) is 12.2 Å². The fraction of sp³-hybridized carbons (Fsp3) is 0.600. The highest BCUT2D eigenvalue weighted by molar-refractivity contribution is 6.35. The number of nitrogens with one attached hydrogen (secondary N) is 1. The molecule has 112 valence electrons. The van der Waals surface area contributed by atoms with Gasteiger partial charge in [0.2, 0.25) is 0 Å². The lowest BCUT2D eigenvalue weighted by Crippen LogP contribution is -2.34. The lowest BCUT2D eigenvalue weighted by Gasteiger charge is -2.16. The predicted octanol–water partition coefficient (Wildman–Crippen LogP) is 3.37. The number of hydrogen-bond acceptors (Lipinski definition) is 3. The average molecular weight is 318 g/mol. The van der Waals surface area contributed by atoms with Crippen molar-refractivity contribution in [3.05, 3.63) is 28.2 Å². The fourth-order valence-corrected chi connectivity index (χ4v) is 2.61. The summed E-state index contributed by atoms with van der Waals surface area (Å²) in [6, 6.07) is 5.05. The van der Waals surface area contributed by atoms with Crippen LogP contribution in [-0.4, -0.2) is 30.9 Å². The number of aliphatic hydroxyl groups excluding tert-OH is 1. The Morgan fingerprint density at radius 1 is 1.35 bits per heavy atom. The Morgan fingerprint density at radius 2 is 2.10 bits per heavy atom. The minimum atomic E-state index is -0.548. The molecular weight excluding hydrogens is 297 g/mol. The lowest BCUT2D eigenvalue weighted by atomic mass is 10.1. The fourth-order valence-electron chi connectivity index (χ4n) is 2.15. The van der Waals surface area contributed by atoms with Gasteiger partial charge in [-0.25, -0.2) is 0 Å². The molecule has 2 N–H and O–H groups in total. The van der Waals surface area contributed by atoms with Crippen LogP contribution in [0.15, 0.2) is 18.2 Å². The number of ether oxygens (including phenoxy) is 1. The van der Waals surface area contributed by atoms with Gasteiger partial charge in [-0.2, -0.15) is 0 Å². The maximum absolute atomic E-state index is 9.87. The van der Waals surface area contributed by atoms with Crippen molar-refractivity contribution >= 4 is 23.2 Å². The summed E-state index contributed by atoms with van der Waals surface area (Å²) in [5.41, 5.74) is 0. The van der Waals surface area contributed by atoms with Crippen molar-refractivity contribution in [3.8, 4) is 5.75 Å². The molecule has 20 heavy (non-hydrogen) atoms. The molecule has 2 unspecified atom stereocenters. The summed E-state index contributed by atoms with van der Waals surface area (Å²) in [6.07, 6.45) is 2.15. The van der Waals surface area contributed by atoms with Gasteiger partial charge in [-0.05, 0) is 49.4 Å². The molecule has 1 aliphatic rings. The van der Waals surface area contributed by atoms with E-state index in [1.807, 2.05) is 0 Å². The summed E-state index contributed by atoms with van der Waals surface area (Å²) < 4.78 is 5.49. The normalized spacial score (nSPS) is 17.8. The molecule has 1 aromatic rings. The van der Waals surface area contributed by atoms with Gasteiger partial charge in [0, 0.05) is 11.6 Å². The summed E-state index contributed by atoms with van der Waals surface area (Å²) in [6.45, 7) is 3.94. The third kappa shape index (κ3) is 5.13. The van der Waals surface area contributed by atoms with Crippen LogP contribution in [0.3, 0.4) is 0 Å². The van der Waals surface area contributed by atoms with Crippen molar-refractivity contribution in [2.45, 2.75) is 25.9 Å². The minimum absolute atomic E-state index is 0.214. The molecule has 3 nitrogen and oxygen atoms in total. The number of hydrogen-bond donors (Lipinski definition) is 2. The molecule has 1 saturated carbocycles. The Balaban J connectivity index is 1.65. The molecule has 0 radical (unpaired) electrons. The maximum atomic E-state index is 9.87. The SMILES string of the molecule is CC(CNCC(O)COc1ccc(Cl)cc1Cl)C1CC1. The molecule has 0 heterocycles. The second kappa shape index (κ2) is 7.51. The highest BCUT2D eigenvalue weighted by Gasteiger charge is 2.27. The molecule has 2 rings (SSSR count). The second-order valence-electron chi connectivity index (χ2n) is 5.51. The van der Waals surface area contributed by atoms with E-state index >= 15 is 0 Å². The van der Waals surface area contributed by atoms with Crippen molar-refractivity contribution in [2.24, 2.45) is 11.8 Å². The smallest absolute Gasteiger partial charge is 0.138 e. The van der Waals surface area contributed by atoms with Crippen LogP contribution in [0.1, 0.15) is 19.8 Å². The first-order chi connectivity index (χ1) is 9.56. The van der Waals surface area contributed by atoms with Crippen LogP contribution < -0.4 is 10.1 Å². The van der Waals surface area contributed by atoms with E-state index < -0.39 is 6.10 Å². The molecular formula is C15H21Cl2NO2. The zero-order valence-electron chi connectivity index (χ0n) is 11.6. The maximum Gasteiger partial charge on any atom is 0.138 e. The monoisotopic (exact) mass is 317 g/mol. The number of rotatable bonds is 8. The molecule has 0 aromatic heterocycles. The van der Waals surface area contributed by atoms with Gasteiger partial charge >= 0.3 is 0 Å². The standard InChI is InChI=1S/C15H21Cl2NO2/c1-10(11-2-3-11)7-18-8-13(19)9-20-15-5-4-12(16)6-14(15)17/h4-6,10-11,13,18-19H,2-3,7-9H2,1H3. The summed E-state index contributed by atoms with van der Waals surface area (Å²) in [5.74, 6) is 2.11. The molecule has 0 bridgehead atoms. The summed E-state index contributed by atoms with van der Waals surface area (Å²) in [5, 5.41) is 14.2. The van der Waals surface area contributed by atoms with E-state index in [1.54, 1.807) is 18.2 Å². The minimum Gasteiger partial charge on any atom is -0.489 e. The Bertz CT molecular complexity index is 438. The molecule has 0 aliphatic heterocycles. The number of halogens is 2. The van der Waals surface area contributed by atoms with Crippen LogP contribution in [0.2, 0.25) is 10.0 Å². The quantitative estimate of drug-likeness (QED) is 0.772. The van der Waals surface area contributed by atoms with Crippen LogP contribution >= 0.6 is 23.2 Å². The predicted molar refractivity (Wildman–Crippen MR) is 82.7 cm³/mol. The van der Waals surface area contributed by atoms with Crippen LogP contribution in [-0.2, 0) is 0 Å². The Morgan fingerprint density at radius 3 is 2.75 bits per heavy atom. The van der Waals surface area contributed by atoms with E-state index in [1.165, 1.54) is 12.8 Å². The van der Waals surface area contributed by atoms with Crippen molar-refractivity contribution < 1.29 is 9.84 Å². The number of aliphatic hydroxyl groups is 1. The van der Waals surface area contributed by atoms with Crippen molar-refractivity contribution in [1.82, 2.24) is 5.32 Å². The lowest BCUT2D eigenvalue weighted by molar-refractivity contribution is 0.105. The van der Waals surface area contributed by atoms with Crippen molar-refractivity contribution in [1.29, 1.82) is 0 Å². The molecule has 0 spiro atoms. The molecule has 2 atom stereocenters. The summed E-state index contributed by atoms with van der Waals surface area (Å²) in [4.78, 5) is 0. The first-order valence-electron chi connectivity index (χ1n) is 7.03. The molecule has 1 aromatic carbocycles. The summed E-state index contributed by atoms with van der Waals surface area (Å²) in [7, 11) is 0. The highest BCUT2D eigenvalue weighted by atomic mass is 35.5. The Labute approximate surface area is 130 Å². The van der Waals surface area contributed by atoms with Crippen LogP contribution in [0, 0.1) is 11.8 Å². The van der Waals surface area contributed by atoms with Crippen LogP contribution in [0.5, 0.6) is 5.75 Å². The van der Waals surface area contributed by atoms with E-state index in [4.69, 9.17) is 27.9 Å². The van der Waals surface area contributed by atoms with E-state index in [-0.39, 0.29) is 6.61 Å². The topological polar surface area (TPSA) is 41.5 Å². The van der Waals surface area contributed by atoms with E-state index in [0.29, 0.717) is 28.3 Å². The molecule has 1 aliphatic carbocycles. The van der Waals surface area contributed by atoms with Crippen molar-refractivity contribution in [2.75, 3.05) is 19.7 Å². The van der Waals surface area contributed by atoms with Gasteiger partial charge in [-0.1, -0.05) is 30.1 Å². The zero-order chi connectivity index (χ0) is 14.5.